The first-order valence-corrected chi connectivity index (χ1v) is 9.80. The van der Waals surface area contributed by atoms with Crippen LogP contribution in [0.3, 0.4) is 0 Å². The zero-order chi connectivity index (χ0) is 18.5. The largest absolute Gasteiger partial charge is 0.293 e. The Balaban J connectivity index is 1.45. The van der Waals surface area contributed by atoms with Crippen molar-refractivity contribution in [3.8, 4) is 0 Å². The first-order chi connectivity index (χ1) is 13.3. The van der Waals surface area contributed by atoms with Gasteiger partial charge in [-0.05, 0) is 11.1 Å². The highest BCUT2D eigenvalue weighted by atomic mass is 15.3. The summed E-state index contributed by atoms with van der Waals surface area (Å²) in [6.07, 6.45) is 0.875. The maximum atomic E-state index is 4.55. The molecule has 0 aliphatic carbocycles. The number of piperazine rings is 1. The monoisotopic (exact) mass is 361 g/mol. The summed E-state index contributed by atoms with van der Waals surface area (Å²) in [4.78, 5) is 9.61. The zero-order valence-electron chi connectivity index (χ0n) is 15.9. The molecule has 2 aromatic carbocycles. The smallest absolute Gasteiger partial charge is 0.150 e. The molecule has 4 rings (SSSR count). The van der Waals surface area contributed by atoms with Crippen LogP contribution in [-0.2, 0) is 13.0 Å². The average molecular weight is 361 g/mol. The molecule has 3 aromatic rings. The quantitative estimate of drug-likeness (QED) is 0.732. The third-order valence-corrected chi connectivity index (χ3v) is 5.27. The molecule has 1 fully saturated rings. The van der Waals surface area contributed by atoms with Gasteiger partial charge in [0.25, 0.3) is 0 Å². The molecule has 5 nitrogen and oxygen atoms in total. The molecule has 0 radical (unpaired) electrons. The molecule has 1 aliphatic heterocycles. The van der Waals surface area contributed by atoms with Gasteiger partial charge in [0.05, 0.1) is 12.6 Å². The van der Waals surface area contributed by atoms with E-state index in [9.17, 15) is 0 Å². The van der Waals surface area contributed by atoms with Gasteiger partial charge in [0, 0.05) is 32.6 Å². The highest BCUT2D eigenvalue weighted by Gasteiger charge is 2.26. The number of hydrogen-bond acceptors (Lipinski definition) is 4. The van der Waals surface area contributed by atoms with Crippen molar-refractivity contribution in [1.82, 2.24) is 25.0 Å². The van der Waals surface area contributed by atoms with Gasteiger partial charge >= 0.3 is 0 Å². The third kappa shape index (κ3) is 4.26. The number of benzene rings is 2. The standard InChI is InChI=1S/C22H27N5/c1-2-20-23-21(25-24-20)17-26-13-15-27(16-14-26)22(18-9-5-3-6-10-18)19-11-7-4-8-12-19/h3-12,22H,2,13-17H2,1H3,(H,23,24,25). The van der Waals surface area contributed by atoms with E-state index in [-0.39, 0.29) is 0 Å². The summed E-state index contributed by atoms with van der Waals surface area (Å²) in [5.74, 6) is 1.87. The Hall–Kier alpha value is -2.50. The minimum Gasteiger partial charge on any atom is -0.293 e. The zero-order valence-corrected chi connectivity index (χ0v) is 15.9. The lowest BCUT2D eigenvalue weighted by molar-refractivity contribution is 0.103. The summed E-state index contributed by atoms with van der Waals surface area (Å²) in [5, 5.41) is 7.32. The molecule has 0 saturated carbocycles. The minimum atomic E-state index is 0.312. The molecule has 1 aromatic heterocycles. The molecule has 5 heteroatoms. The van der Waals surface area contributed by atoms with E-state index >= 15 is 0 Å². The van der Waals surface area contributed by atoms with E-state index in [1.165, 1.54) is 11.1 Å². The summed E-state index contributed by atoms with van der Waals surface area (Å²) in [6.45, 7) is 7.10. The highest BCUT2D eigenvalue weighted by Crippen LogP contribution is 2.29. The maximum absolute atomic E-state index is 4.55. The number of aryl methyl sites for hydroxylation is 1. The molecule has 1 aliphatic rings. The topological polar surface area (TPSA) is 48.1 Å². The van der Waals surface area contributed by atoms with Gasteiger partial charge in [0.2, 0.25) is 0 Å². The van der Waals surface area contributed by atoms with Gasteiger partial charge in [-0.1, -0.05) is 67.6 Å². The van der Waals surface area contributed by atoms with Crippen molar-refractivity contribution in [2.45, 2.75) is 25.9 Å². The molecule has 0 bridgehead atoms. The van der Waals surface area contributed by atoms with Crippen molar-refractivity contribution in [2.24, 2.45) is 0 Å². The van der Waals surface area contributed by atoms with Crippen molar-refractivity contribution in [3.05, 3.63) is 83.4 Å². The van der Waals surface area contributed by atoms with Crippen LogP contribution in [0.1, 0.15) is 35.7 Å². The minimum absolute atomic E-state index is 0.312. The van der Waals surface area contributed by atoms with Gasteiger partial charge < -0.3 is 0 Å². The van der Waals surface area contributed by atoms with Crippen molar-refractivity contribution in [1.29, 1.82) is 0 Å². The van der Waals surface area contributed by atoms with Gasteiger partial charge in [-0.25, -0.2) is 4.98 Å². The molecule has 27 heavy (non-hydrogen) atoms. The fourth-order valence-electron chi connectivity index (χ4n) is 3.84. The summed E-state index contributed by atoms with van der Waals surface area (Å²) in [7, 11) is 0. The van der Waals surface area contributed by atoms with E-state index in [4.69, 9.17) is 0 Å². The maximum Gasteiger partial charge on any atom is 0.150 e. The Morgan fingerprint density at radius 2 is 1.48 bits per heavy atom. The molecule has 1 saturated heterocycles. The summed E-state index contributed by atoms with van der Waals surface area (Å²) < 4.78 is 0. The van der Waals surface area contributed by atoms with Crippen LogP contribution in [-0.4, -0.2) is 51.2 Å². The number of rotatable bonds is 6. The van der Waals surface area contributed by atoms with Crippen molar-refractivity contribution >= 4 is 0 Å². The van der Waals surface area contributed by atoms with Crippen LogP contribution in [0.25, 0.3) is 0 Å². The first kappa shape index (κ1) is 17.9. The highest BCUT2D eigenvalue weighted by molar-refractivity contribution is 5.31. The van der Waals surface area contributed by atoms with Gasteiger partial charge in [-0.15, -0.1) is 0 Å². The van der Waals surface area contributed by atoms with Gasteiger partial charge in [0.15, 0.2) is 0 Å². The molecule has 0 unspecified atom stereocenters. The second-order valence-corrected chi connectivity index (χ2v) is 7.09. The van der Waals surface area contributed by atoms with Crippen LogP contribution in [0.4, 0.5) is 0 Å². The molecule has 2 heterocycles. The lowest BCUT2D eigenvalue weighted by atomic mass is 9.96. The van der Waals surface area contributed by atoms with E-state index in [0.29, 0.717) is 6.04 Å². The predicted octanol–water partition coefficient (Wildman–Crippen LogP) is 3.27. The Morgan fingerprint density at radius 1 is 0.889 bits per heavy atom. The van der Waals surface area contributed by atoms with Crippen LogP contribution in [0.5, 0.6) is 0 Å². The number of nitrogens with zero attached hydrogens (tertiary/aromatic N) is 4. The van der Waals surface area contributed by atoms with Crippen molar-refractivity contribution < 1.29 is 0 Å². The summed E-state index contributed by atoms with van der Waals surface area (Å²) >= 11 is 0. The third-order valence-electron chi connectivity index (χ3n) is 5.27. The van der Waals surface area contributed by atoms with Crippen LogP contribution in [0.15, 0.2) is 60.7 Å². The Labute approximate surface area is 161 Å². The normalized spacial score (nSPS) is 16.1. The Morgan fingerprint density at radius 3 is 2.00 bits per heavy atom. The van der Waals surface area contributed by atoms with E-state index in [2.05, 4.69) is 92.6 Å². The van der Waals surface area contributed by atoms with E-state index in [1.54, 1.807) is 0 Å². The van der Waals surface area contributed by atoms with Crippen LogP contribution < -0.4 is 0 Å². The molecular weight excluding hydrogens is 334 g/mol. The van der Waals surface area contributed by atoms with Gasteiger partial charge in [0.1, 0.15) is 11.6 Å². The average Bonchev–Trinajstić information content (AvgIpc) is 3.19. The van der Waals surface area contributed by atoms with E-state index < -0.39 is 0 Å². The van der Waals surface area contributed by atoms with E-state index in [0.717, 1.165) is 50.8 Å². The van der Waals surface area contributed by atoms with Crippen LogP contribution in [0.2, 0.25) is 0 Å². The molecule has 0 amide bonds. The van der Waals surface area contributed by atoms with Crippen molar-refractivity contribution in [2.75, 3.05) is 26.2 Å². The van der Waals surface area contributed by atoms with Crippen molar-refractivity contribution in [3.63, 3.8) is 0 Å². The number of H-pyrrole nitrogens is 1. The number of hydrogen-bond donors (Lipinski definition) is 1. The Bertz CT molecular complexity index is 783. The molecule has 1 N–H and O–H groups in total. The first-order valence-electron chi connectivity index (χ1n) is 9.80. The predicted molar refractivity (Wildman–Crippen MR) is 107 cm³/mol. The van der Waals surface area contributed by atoms with Crippen LogP contribution in [0, 0.1) is 0 Å². The number of nitrogens with one attached hydrogen (secondary N) is 1. The Kier molecular flexibility index (Phi) is 5.61. The second kappa shape index (κ2) is 8.46. The fourth-order valence-corrected chi connectivity index (χ4v) is 3.84. The van der Waals surface area contributed by atoms with Gasteiger partial charge in [-0.3, -0.25) is 14.9 Å². The lowest BCUT2D eigenvalue weighted by Crippen LogP contribution is -2.47. The molecule has 140 valence electrons. The van der Waals surface area contributed by atoms with Crippen LogP contribution >= 0.6 is 0 Å². The lowest BCUT2D eigenvalue weighted by Gasteiger charge is -2.39. The number of aromatic amines is 1. The number of aromatic nitrogens is 3. The summed E-state index contributed by atoms with van der Waals surface area (Å²) in [6, 6.07) is 22.0. The second-order valence-electron chi connectivity index (χ2n) is 7.09. The molecular formula is C22H27N5. The van der Waals surface area contributed by atoms with Gasteiger partial charge in [-0.2, -0.15) is 5.10 Å². The fraction of sp³-hybridized carbons (Fsp3) is 0.364. The SMILES string of the molecule is CCc1n[nH]c(CN2CCN(C(c3ccccc3)c3ccccc3)CC2)n1. The van der Waals surface area contributed by atoms with E-state index in [1.807, 2.05) is 0 Å². The molecule has 0 spiro atoms. The molecule has 0 atom stereocenters. The summed E-state index contributed by atoms with van der Waals surface area (Å²) in [5.41, 5.74) is 2.72.